The number of carbonyl (C=O) groups excluding carboxylic acids is 1. The second-order valence-electron chi connectivity index (χ2n) is 7.78. The summed E-state index contributed by atoms with van der Waals surface area (Å²) in [5.74, 6) is 0.459. The topological polar surface area (TPSA) is 118 Å². The van der Waals surface area contributed by atoms with Gasteiger partial charge in [-0.1, -0.05) is 18.2 Å². The molecule has 1 aliphatic rings. The van der Waals surface area contributed by atoms with Gasteiger partial charge in [-0.15, -0.1) is 0 Å². The number of rotatable bonds is 6. The normalized spacial score (nSPS) is 13.5. The molecule has 4 aromatic rings. The Morgan fingerprint density at radius 2 is 1.97 bits per heavy atom. The summed E-state index contributed by atoms with van der Waals surface area (Å²) in [6.07, 6.45) is 4.76. The van der Waals surface area contributed by atoms with Crippen molar-refractivity contribution in [2.75, 3.05) is 17.7 Å². The van der Waals surface area contributed by atoms with Crippen molar-refractivity contribution in [1.82, 2.24) is 19.3 Å². The lowest BCUT2D eigenvalue weighted by Crippen LogP contribution is -2.20. The highest BCUT2D eigenvalue weighted by Crippen LogP contribution is 2.27. The molecule has 3 heterocycles. The van der Waals surface area contributed by atoms with Gasteiger partial charge in [0.2, 0.25) is 21.9 Å². The fraction of sp³-hybridized carbons (Fsp3) is 0.174. The van der Waals surface area contributed by atoms with Gasteiger partial charge in [0.25, 0.3) is 0 Å². The largest absolute Gasteiger partial charge is 0.328 e. The first-order valence-corrected chi connectivity index (χ1v) is 11.9. The molecule has 0 saturated heterocycles. The Morgan fingerprint density at radius 1 is 1.12 bits per heavy atom. The van der Waals surface area contributed by atoms with E-state index in [4.69, 9.17) is 0 Å². The summed E-state index contributed by atoms with van der Waals surface area (Å²) in [4.78, 5) is 20.9. The number of fused-ring (bicyclic) bond motifs is 2. The molecule has 1 aliphatic heterocycles. The fourth-order valence-corrected chi connectivity index (χ4v) is 4.89. The Bertz CT molecular complexity index is 1480. The van der Waals surface area contributed by atoms with E-state index < -0.39 is 10.0 Å². The smallest absolute Gasteiger partial charge is 0.240 e. The van der Waals surface area contributed by atoms with Crippen LogP contribution in [0.15, 0.2) is 65.8 Å². The molecule has 0 radical (unpaired) electrons. The van der Waals surface area contributed by atoms with Gasteiger partial charge in [-0.3, -0.25) is 4.79 Å². The zero-order chi connectivity index (χ0) is 23.0. The fourth-order valence-electron chi connectivity index (χ4n) is 3.94. The number of amides is 1. The van der Waals surface area contributed by atoms with E-state index in [0.29, 0.717) is 36.5 Å². The van der Waals surface area contributed by atoms with Crippen LogP contribution in [0.2, 0.25) is 0 Å². The Hall–Kier alpha value is -3.76. The number of anilines is 3. The van der Waals surface area contributed by atoms with E-state index in [0.717, 1.165) is 22.3 Å². The molecule has 0 spiro atoms. The lowest BCUT2D eigenvalue weighted by atomic mass is 10.0. The minimum absolute atomic E-state index is 0.0295. The lowest BCUT2D eigenvalue weighted by Gasteiger charge is -2.17. The van der Waals surface area contributed by atoms with Crippen LogP contribution in [0.3, 0.4) is 0 Å². The SMILES string of the molecule is CNS(=O)(=O)c1ccccc1Cn1ccc2cnc(Nc3ccc4c(c3)CCC(=O)N4)nc21. The number of hydrogen-bond donors (Lipinski definition) is 3. The molecule has 2 aromatic carbocycles. The molecule has 9 nitrogen and oxygen atoms in total. The molecule has 0 aliphatic carbocycles. The summed E-state index contributed by atoms with van der Waals surface area (Å²) in [6.45, 7) is 0.343. The van der Waals surface area contributed by atoms with Gasteiger partial charge in [0.05, 0.1) is 11.4 Å². The number of hydrogen-bond acceptors (Lipinski definition) is 6. The molecule has 3 N–H and O–H groups in total. The number of aryl methyl sites for hydroxylation is 1. The van der Waals surface area contributed by atoms with Crippen LogP contribution in [0.1, 0.15) is 17.5 Å². The summed E-state index contributed by atoms with van der Waals surface area (Å²) < 4.78 is 29.1. The van der Waals surface area contributed by atoms with E-state index in [1.165, 1.54) is 7.05 Å². The molecule has 1 amide bonds. The van der Waals surface area contributed by atoms with Crippen LogP contribution in [0, 0.1) is 0 Å². The molecule has 0 unspecified atom stereocenters. The Kier molecular flexibility index (Phi) is 5.31. The second kappa shape index (κ2) is 8.30. The Balaban J connectivity index is 1.44. The molecule has 10 heteroatoms. The molecule has 0 fully saturated rings. The van der Waals surface area contributed by atoms with Gasteiger partial charge in [0.1, 0.15) is 5.65 Å². The van der Waals surface area contributed by atoms with Gasteiger partial charge in [0, 0.05) is 35.6 Å². The van der Waals surface area contributed by atoms with Crippen molar-refractivity contribution in [2.45, 2.75) is 24.3 Å². The third-order valence-electron chi connectivity index (χ3n) is 5.63. The van der Waals surface area contributed by atoms with Crippen LogP contribution in [0.25, 0.3) is 11.0 Å². The molecule has 0 atom stereocenters. The molecule has 2 aromatic heterocycles. The first-order valence-electron chi connectivity index (χ1n) is 10.5. The maximum Gasteiger partial charge on any atom is 0.240 e. The molecule has 0 bridgehead atoms. The van der Waals surface area contributed by atoms with Gasteiger partial charge >= 0.3 is 0 Å². The van der Waals surface area contributed by atoms with Crippen LogP contribution in [-0.2, 0) is 27.8 Å². The highest BCUT2D eigenvalue weighted by Gasteiger charge is 2.18. The van der Waals surface area contributed by atoms with E-state index in [-0.39, 0.29) is 10.8 Å². The molecule has 33 heavy (non-hydrogen) atoms. The maximum absolute atomic E-state index is 12.4. The van der Waals surface area contributed by atoms with Crippen molar-refractivity contribution >= 4 is 44.3 Å². The van der Waals surface area contributed by atoms with Crippen molar-refractivity contribution in [1.29, 1.82) is 0 Å². The summed E-state index contributed by atoms with van der Waals surface area (Å²) in [5, 5.41) is 6.95. The summed E-state index contributed by atoms with van der Waals surface area (Å²) >= 11 is 0. The number of aromatic nitrogens is 3. The Morgan fingerprint density at radius 3 is 2.82 bits per heavy atom. The summed E-state index contributed by atoms with van der Waals surface area (Å²) in [7, 11) is -2.18. The van der Waals surface area contributed by atoms with Gasteiger partial charge in [-0.25, -0.2) is 18.1 Å². The maximum atomic E-state index is 12.4. The average molecular weight is 463 g/mol. The van der Waals surface area contributed by atoms with Crippen LogP contribution in [0.4, 0.5) is 17.3 Å². The van der Waals surface area contributed by atoms with E-state index >= 15 is 0 Å². The minimum Gasteiger partial charge on any atom is -0.328 e. The van der Waals surface area contributed by atoms with Crippen molar-refractivity contribution in [2.24, 2.45) is 0 Å². The van der Waals surface area contributed by atoms with Crippen LogP contribution >= 0.6 is 0 Å². The summed E-state index contributed by atoms with van der Waals surface area (Å²) in [5.41, 5.74) is 4.07. The third-order valence-corrected chi connectivity index (χ3v) is 7.15. The number of nitrogens with zero attached hydrogens (tertiary/aromatic N) is 3. The molecule has 0 saturated carbocycles. The molecular weight excluding hydrogens is 440 g/mol. The molecular formula is C23H22N6O3S. The predicted octanol–water partition coefficient (Wildman–Crippen LogP) is 3.02. The zero-order valence-corrected chi connectivity index (χ0v) is 18.7. The standard InChI is InChI=1S/C23H22N6O3S/c1-24-33(31,32)20-5-3-2-4-17(20)14-29-11-10-16-13-25-23(28-22(16)29)26-18-7-8-19-15(12-18)6-9-21(30)27-19/h2-5,7-8,10-13,24H,6,9,14H2,1H3,(H,27,30)(H,25,26,28). The van der Waals surface area contributed by atoms with Crippen molar-refractivity contribution in [3.63, 3.8) is 0 Å². The average Bonchev–Trinajstić information content (AvgIpc) is 3.21. The highest BCUT2D eigenvalue weighted by molar-refractivity contribution is 7.89. The van der Waals surface area contributed by atoms with Crippen LogP contribution < -0.4 is 15.4 Å². The van der Waals surface area contributed by atoms with Crippen molar-refractivity contribution < 1.29 is 13.2 Å². The number of carbonyl (C=O) groups is 1. The van der Waals surface area contributed by atoms with E-state index in [9.17, 15) is 13.2 Å². The quantitative estimate of drug-likeness (QED) is 0.405. The van der Waals surface area contributed by atoms with Crippen LogP contribution in [0.5, 0.6) is 0 Å². The number of sulfonamides is 1. The number of benzene rings is 2. The third kappa shape index (κ3) is 4.18. The first-order chi connectivity index (χ1) is 15.9. The summed E-state index contributed by atoms with van der Waals surface area (Å²) in [6, 6.07) is 14.5. The Labute approximate surface area is 190 Å². The van der Waals surface area contributed by atoms with Crippen molar-refractivity contribution in [3.8, 4) is 0 Å². The monoisotopic (exact) mass is 462 g/mol. The van der Waals surface area contributed by atoms with Gasteiger partial charge < -0.3 is 15.2 Å². The zero-order valence-electron chi connectivity index (χ0n) is 17.9. The molecule has 5 rings (SSSR count). The van der Waals surface area contributed by atoms with Gasteiger partial charge in [-0.2, -0.15) is 4.98 Å². The molecule has 168 valence electrons. The van der Waals surface area contributed by atoms with Crippen molar-refractivity contribution in [3.05, 3.63) is 72.1 Å². The van der Waals surface area contributed by atoms with E-state index in [1.54, 1.807) is 24.4 Å². The van der Waals surface area contributed by atoms with E-state index in [1.807, 2.05) is 41.1 Å². The lowest BCUT2D eigenvalue weighted by molar-refractivity contribution is -0.116. The van der Waals surface area contributed by atoms with Gasteiger partial charge in [-0.05, 0) is 54.9 Å². The van der Waals surface area contributed by atoms with E-state index in [2.05, 4.69) is 25.3 Å². The highest BCUT2D eigenvalue weighted by atomic mass is 32.2. The minimum atomic E-state index is -3.58. The first kappa shape index (κ1) is 21.1. The van der Waals surface area contributed by atoms with Crippen LogP contribution in [-0.4, -0.2) is 35.9 Å². The number of nitrogens with one attached hydrogen (secondary N) is 3. The predicted molar refractivity (Wildman–Crippen MR) is 126 cm³/mol. The van der Waals surface area contributed by atoms with Gasteiger partial charge in [0.15, 0.2) is 0 Å². The second-order valence-corrected chi connectivity index (χ2v) is 9.63.